The molecule has 27 heavy (non-hydrogen) atoms. The fourth-order valence-corrected chi connectivity index (χ4v) is 5.01. The van der Waals surface area contributed by atoms with Crippen molar-refractivity contribution in [3.63, 3.8) is 0 Å². The molecule has 2 nitrogen and oxygen atoms in total. The van der Waals surface area contributed by atoms with Crippen LogP contribution in [0.15, 0.2) is 36.5 Å². The normalized spacial score (nSPS) is 22.1. The van der Waals surface area contributed by atoms with Crippen molar-refractivity contribution in [1.82, 2.24) is 4.90 Å². The first-order valence-corrected chi connectivity index (χ1v) is 11.1. The monoisotopic (exact) mass is 373 g/mol. The molecule has 0 bridgehead atoms. The van der Waals surface area contributed by atoms with Gasteiger partial charge in [-0.05, 0) is 42.1 Å². The fraction of sp³-hybridized carbons (Fsp3) is 0.760. The summed E-state index contributed by atoms with van der Waals surface area (Å²) in [5, 5.41) is 0. The predicted molar refractivity (Wildman–Crippen MR) is 118 cm³/mol. The van der Waals surface area contributed by atoms with Gasteiger partial charge in [0.15, 0.2) is 0 Å². The average Bonchev–Trinajstić information content (AvgIpc) is 2.60. The highest BCUT2D eigenvalue weighted by atomic mass is 16.5. The van der Waals surface area contributed by atoms with Gasteiger partial charge in [-0.3, -0.25) is 4.90 Å². The molecule has 1 fully saturated rings. The van der Waals surface area contributed by atoms with E-state index in [1.807, 2.05) is 6.08 Å². The lowest BCUT2D eigenvalue weighted by atomic mass is 9.71. The third-order valence-electron chi connectivity index (χ3n) is 5.98. The molecule has 2 rings (SSSR count). The minimum absolute atomic E-state index is 0.224. The van der Waals surface area contributed by atoms with E-state index in [4.69, 9.17) is 4.74 Å². The third kappa shape index (κ3) is 7.58. The number of ether oxygens (including phenoxy) is 1. The molecule has 2 aliphatic carbocycles. The Morgan fingerprint density at radius 2 is 1.85 bits per heavy atom. The standard InChI is InChI=1S/C25H43NO/c1-7-17-26(22-11-9-8-10-12-22)18-19-27-23-15-13-21(14-16-23)25(5,6)20-24(2,3)4/h7,13-15,22-23H,1,8-12,16-20H2,2-6H3. The van der Waals surface area contributed by atoms with Crippen LogP contribution < -0.4 is 0 Å². The van der Waals surface area contributed by atoms with Crippen LogP contribution in [0.4, 0.5) is 0 Å². The van der Waals surface area contributed by atoms with Gasteiger partial charge >= 0.3 is 0 Å². The highest BCUT2D eigenvalue weighted by Crippen LogP contribution is 2.40. The van der Waals surface area contributed by atoms with Crippen molar-refractivity contribution in [2.45, 2.75) is 91.7 Å². The topological polar surface area (TPSA) is 12.5 Å². The number of hydrogen-bond acceptors (Lipinski definition) is 2. The zero-order valence-electron chi connectivity index (χ0n) is 18.6. The first-order chi connectivity index (χ1) is 12.7. The van der Waals surface area contributed by atoms with Crippen molar-refractivity contribution in [3.8, 4) is 0 Å². The second-order valence-corrected chi connectivity index (χ2v) is 10.4. The maximum atomic E-state index is 6.21. The predicted octanol–water partition coefficient (Wildman–Crippen LogP) is 6.54. The molecule has 1 saturated carbocycles. The second kappa shape index (κ2) is 10.1. The quantitative estimate of drug-likeness (QED) is 0.425. The zero-order chi connectivity index (χ0) is 19.9. The van der Waals surface area contributed by atoms with Gasteiger partial charge in [0.1, 0.15) is 0 Å². The van der Waals surface area contributed by atoms with Crippen molar-refractivity contribution < 1.29 is 4.74 Å². The van der Waals surface area contributed by atoms with Crippen LogP contribution in [0.3, 0.4) is 0 Å². The molecule has 0 saturated heterocycles. The maximum Gasteiger partial charge on any atom is 0.0794 e. The molecule has 0 N–H and O–H groups in total. The largest absolute Gasteiger partial charge is 0.372 e. The van der Waals surface area contributed by atoms with E-state index in [0.29, 0.717) is 5.41 Å². The molecule has 1 atom stereocenters. The number of nitrogens with zero attached hydrogens (tertiary/aromatic N) is 1. The van der Waals surface area contributed by atoms with Gasteiger partial charge in [-0.1, -0.05) is 78.2 Å². The molecule has 0 aliphatic heterocycles. The first-order valence-electron chi connectivity index (χ1n) is 11.1. The van der Waals surface area contributed by atoms with Gasteiger partial charge in [0.05, 0.1) is 12.7 Å². The summed E-state index contributed by atoms with van der Waals surface area (Å²) in [4.78, 5) is 2.58. The molecule has 0 heterocycles. The van der Waals surface area contributed by atoms with Gasteiger partial charge in [0, 0.05) is 19.1 Å². The van der Waals surface area contributed by atoms with Crippen molar-refractivity contribution in [3.05, 3.63) is 36.5 Å². The SMILES string of the molecule is C=CCN(CCOC1C=CC(C(C)(C)CC(C)(C)C)=CC1)C1CCCCC1. The summed E-state index contributed by atoms with van der Waals surface area (Å²) < 4.78 is 6.21. The van der Waals surface area contributed by atoms with Crippen LogP contribution in [-0.4, -0.2) is 36.7 Å². The molecule has 0 radical (unpaired) electrons. The first kappa shape index (κ1) is 22.4. The van der Waals surface area contributed by atoms with Crippen LogP contribution in [0.5, 0.6) is 0 Å². The van der Waals surface area contributed by atoms with Crippen molar-refractivity contribution in [2.75, 3.05) is 19.7 Å². The van der Waals surface area contributed by atoms with E-state index in [2.05, 4.69) is 64.3 Å². The van der Waals surface area contributed by atoms with Crippen LogP contribution >= 0.6 is 0 Å². The van der Waals surface area contributed by atoms with E-state index in [0.717, 1.165) is 32.2 Å². The molecule has 2 heteroatoms. The third-order valence-corrected chi connectivity index (χ3v) is 5.98. The van der Waals surface area contributed by atoms with Crippen LogP contribution in [0, 0.1) is 10.8 Å². The maximum absolute atomic E-state index is 6.21. The van der Waals surface area contributed by atoms with Crippen LogP contribution in [-0.2, 0) is 4.74 Å². The van der Waals surface area contributed by atoms with Gasteiger partial charge in [0.2, 0.25) is 0 Å². The highest BCUT2D eigenvalue weighted by Gasteiger charge is 2.29. The molecule has 154 valence electrons. The fourth-order valence-electron chi connectivity index (χ4n) is 5.01. The van der Waals surface area contributed by atoms with Gasteiger partial charge in [-0.25, -0.2) is 0 Å². The Balaban J connectivity index is 1.78. The smallest absolute Gasteiger partial charge is 0.0794 e. The van der Waals surface area contributed by atoms with E-state index < -0.39 is 0 Å². The molecule has 2 aliphatic rings. The van der Waals surface area contributed by atoms with Gasteiger partial charge in [-0.15, -0.1) is 6.58 Å². The Morgan fingerprint density at radius 1 is 1.15 bits per heavy atom. The minimum Gasteiger partial charge on any atom is -0.372 e. The van der Waals surface area contributed by atoms with Crippen molar-refractivity contribution >= 4 is 0 Å². The minimum atomic E-state index is 0.224. The summed E-state index contributed by atoms with van der Waals surface area (Å²) in [6.45, 7) is 18.5. The van der Waals surface area contributed by atoms with E-state index in [9.17, 15) is 0 Å². The van der Waals surface area contributed by atoms with Crippen LogP contribution in [0.1, 0.15) is 79.6 Å². The lowest BCUT2D eigenvalue weighted by Gasteiger charge is -2.35. The number of hydrogen-bond donors (Lipinski definition) is 0. The zero-order valence-corrected chi connectivity index (χ0v) is 18.6. The molecule has 0 spiro atoms. The van der Waals surface area contributed by atoms with Gasteiger partial charge in [-0.2, -0.15) is 0 Å². The molecule has 1 unspecified atom stereocenters. The molecule has 0 aromatic carbocycles. The lowest BCUT2D eigenvalue weighted by molar-refractivity contribution is 0.0519. The summed E-state index contributed by atoms with van der Waals surface area (Å²) in [5.41, 5.74) is 2.04. The number of allylic oxidation sites excluding steroid dienone is 2. The van der Waals surface area contributed by atoms with Crippen molar-refractivity contribution in [2.24, 2.45) is 10.8 Å². The van der Waals surface area contributed by atoms with E-state index in [1.54, 1.807) is 0 Å². The molecular weight excluding hydrogens is 330 g/mol. The van der Waals surface area contributed by atoms with Crippen molar-refractivity contribution in [1.29, 1.82) is 0 Å². The van der Waals surface area contributed by atoms with E-state index >= 15 is 0 Å². The summed E-state index contributed by atoms with van der Waals surface area (Å²) in [6, 6.07) is 0.729. The summed E-state index contributed by atoms with van der Waals surface area (Å²) in [5.74, 6) is 0. The Labute approximate surface area is 168 Å². The van der Waals surface area contributed by atoms with Crippen LogP contribution in [0.25, 0.3) is 0 Å². The summed E-state index contributed by atoms with van der Waals surface area (Å²) in [7, 11) is 0. The molecular formula is C25H43NO. The van der Waals surface area contributed by atoms with Crippen LogP contribution in [0.2, 0.25) is 0 Å². The van der Waals surface area contributed by atoms with Gasteiger partial charge < -0.3 is 4.74 Å². The summed E-state index contributed by atoms with van der Waals surface area (Å²) in [6.07, 6.45) is 18.3. The highest BCUT2D eigenvalue weighted by molar-refractivity contribution is 5.30. The lowest BCUT2D eigenvalue weighted by Crippen LogP contribution is -2.39. The second-order valence-electron chi connectivity index (χ2n) is 10.4. The Kier molecular flexibility index (Phi) is 8.37. The molecule has 0 aromatic rings. The molecule has 0 aromatic heterocycles. The Hall–Kier alpha value is -0.860. The Morgan fingerprint density at radius 3 is 2.41 bits per heavy atom. The molecule has 0 amide bonds. The van der Waals surface area contributed by atoms with E-state index in [-0.39, 0.29) is 11.5 Å². The Bertz CT molecular complexity index is 517. The summed E-state index contributed by atoms with van der Waals surface area (Å²) >= 11 is 0. The number of rotatable bonds is 9. The van der Waals surface area contributed by atoms with Gasteiger partial charge in [0.25, 0.3) is 0 Å². The van der Waals surface area contributed by atoms with E-state index in [1.165, 1.54) is 44.1 Å². The average molecular weight is 374 g/mol.